The van der Waals surface area contributed by atoms with Crippen molar-refractivity contribution in [2.75, 3.05) is 0 Å². The Balaban J connectivity index is 2.86. The Morgan fingerprint density at radius 1 is 1.37 bits per heavy atom. The zero-order chi connectivity index (χ0) is 14.8. The zero-order valence-corrected chi connectivity index (χ0v) is 12.3. The van der Waals surface area contributed by atoms with E-state index in [4.69, 9.17) is 10.0 Å². The van der Waals surface area contributed by atoms with E-state index in [9.17, 15) is 8.94 Å². The number of hydrogen-bond acceptors (Lipinski definition) is 4. The Kier molecular flexibility index (Phi) is 5.40. The van der Waals surface area contributed by atoms with Crippen LogP contribution in [-0.4, -0.2) is 26.5 Å². The molecule has 0 aliphatic carbocycles. The van der Waals surface area contributed by atoms with Crippen molar-refractivity contribution in [3.63, 3.8) is 0 Å². The van der Waals surface area contributed by atoms with Gasteiger partial charge in [-0.3, -0.25) is 0 Å². The van der Waals surface area contributed by atoms with Gasteiger partial charge in [0.15, 0.2) is 0 Å². The molecule has 3 N–H and O–H groups in total. The SMILES string of the molecule is CC(N[S+]([O-])C(C)(C)C)c1ccc(B(O)O)cc1F. The average molecular weight is 287 g/mol. The smallest absolute Gasteiger partial charge is 0.488 e. The molecule has 1 aromatic rings. The summed E-state index contributed by atoms with van der Waals surface area (Å²) in [6.07, 6.45) is 0. The number of nitrogens with one attached hydrogen (secondary N) is 1. The fraction of sp³-hybridized carbons (Fsp3) is 0.500. The Morgan fingerprint density at radius 2 is 1.95 bits per heavy atom. The van der Waals surface area contributed by atoms with Crippen molar-refractivity contribution in [2.45, 2.75) is 38.5 Å². The predicted octanol–water partition coefficient (Wildman–Crippen LogP) is 0.618. The van der Waals surface area contributed by atoms with Gasteiger partial charge in [-0.25, -0.2) is 4.39 Å². The normalized spacial score (nSPS) is 15.2. The molecule has 0 saturated heterocycles. The van der Waals surface area contributed by atoms with Crippen LogP contribution in [0.1, 0.15) is 39.3 Å². The van der Waals surface area contributed by atoms with Crippen LogP contribution in [0.3, 0.4) is 0 Å². The molecule has 0 saturated carbocycles. The lowest BCUT2D eigenvalue weighted by atomic mass is 9.79. The number of benzene rings is 1. The first-order chi connectivity index (χ1) is 8.62. The summed E-state index contributed by atoms with van der Waals surface area (Å²) in [7, 11) is -1.70. The second-order valence-corrected chi connectivity index (χ2v) is 7.37. The van der Waals surface area contributed by atoms with Gasteiger partial charge in [-0.1, -0.05) is 12.1 Å². The third kappa shape index (κ3) is 4.47. The largest absolute Gasteiger partial charge is 0.598 e. The number of halogens is 1. The lowest BCUT2D eigenvalue weighted by molar-refractivity contribution is 0.425. The van der Waals surface area contributed by atoms with Crippen LogP contribution in [0.15, 0.2) is 18.2 Å². The molecule has 0 heterocycles. The van der Waals surface area contributed by atoms with Crippen molar-refractivity contribution >= 4 is 23.9 Å². The van der Waals surface area contributed by atoms with Crippen LogP contribution in [-0.2, 0) is 11.4 Å². The van der Waals surface area contributed by atoms with Gasteiger partial charge in [-0.05, 0) is 39.2 Å². The summed E-state index contributed by atoms with van der Waals surface area (Å²) < 4.78 is 28.2. The van der Waals surface area contributed by atoms with E-state index < -0.39 is 35.1 Å². The van der Waals surface area contributed by atoms with Crippen LogP contribution < -0.4 is 10.2 Å². The lowest BCUT2D eigenvalue weighted by Crippen LogP contribution is -2.41. The van der Waals surface area contributed by atoms with Gasteiger partial charge in [0.25, 0.3) is 0 Å². The van der Waals surface area contributed by atoms with Crippen LogP contribution in [0.25, 0.3) is 0 Å². The maximum absolute atomic E-state index is 13.8. The van der Waals surface area contributed by atoms with E-state index in [1.807, 2.05) is 20.8 Å². The lowest BCUT2D eigenvalue weighted by Gasteiger charge is -2.26. The molecule has 0 aliphatic rings. The molecule has 1 rings (SSSR count). The van der Waals surface area contributed by atoms with E-state index in [1.54, 1.807) is 6.92 Å². The topological polar surface area (TPSA) is 75.5 Å². The second-order valence-electron chi connectivity index (χ2n) is 5.38. The Morgan fingerprint density at radius 3 is 2.37 bits per heavy atom. The average Bonchev–Trinajstić information content (AvgIpc) is 2.26. The van der Waals surface area contributed by atoms with Crippen molar-refractivity contribution < 1.29 is 19.0 Å². The van der Waals surface area contributed by atoms with Crippen LogP contribution in [0, 0.1) is 5.82 Å². The van der Waals surface area contributed by atoms with Crippen LogP contribution >= 0.6 is 0 Å². The van der Waals surface area contributed by atoms with Crippen LogP contribution in [0.2, 0.25) is 0 Å². The maximum Gasteiger partial charge on any atom is 0.488 e. The van der Waals surface area contributed by atoms with Crippen molar-refractivity contribution in [3.05, 3.63) is 29.6 Å². The fourth-order valence-electron chi connectivity index (χ4n) is 1.46. The molecule has 2 unspecified atom stereocenters. The maximum atomic E-state index is 13.8. The summed E-state index contributed by atoms with van der Waals surface area (Å²) in [6, 6.07) is 3.52. The highest BCUT2D eigenvalue weighted by Crippen LogP contribution is 2.21. The number of hydrogen-bond donors (Lipinski definition) is 3. The summed E-state index contributed by atoms with van der Waals surface area (Å²) in [5, 5.41) is 17.9. The highest BCUT2D eigenvalue weighted by atomic mass is 32.2. The van der Waals surface area contributed by atoms with E-state index in [2.05, 4.69) is 4.72 Å². The Labute approximate surface area is 116 Å². The zero-order valence-electron chi connectivity index (χ0n) is 11.5. The highest BCUT2D eigenvalue weighted by molar-refractivity contribution is 7.90. The summed E-state index contributed by atoms with van der Waals surface area (Å²) in [5.74, 6) is -0.559. The predicted molar refractivity (Wildman–Crippen MR) is 75.7 cm³/mol. The molecule has 0 amide bonds. The quantitative estimate of drug-likeness (QED) is 0.560. The molecular weight excluding hydrogens is 268 g/mol. The molecule has 0 aromatic heterocycles. The van der Waals surface area contributed by atoms with Crippen molar-refractivity contribution in [1.82, 2.24) is 4.72 Å². The molecule has 106 valence electrons. The first-order valence-corrected chi connectivity index (χ1v) is 7.11. The van der Waals surface area contributed by atoms with Gasteiger partial charge in [0.1, 0.15) is 10.6 Å². The van der Waals surface area contributed by atoms with Crippen LogP contribution in [0.4, 0.5) is 4.39 Å². The summed E-state index contributed by atoms with van der Waals surface area (Å²) in [6.45, 7) is 7.18. The van der Waals surface area contributed by atoms with E-state index >= 15 is 0 Å². The Bertz CT molecular complexity index is 439. The standard InChI is InChI=1S/C12H19BFNO3S/c1-8(15-19(18)12(2,3)4)10-6-5-9(13(16)17)7-11(10)14/h5-8,15-17H,1-4H3. The molecule has 2 atom stereocenters. The van der Waals surface area contributed by atoms with Crippen LogP contribution in [0.5, 0.6) is 0 Å². The van der Waals surface area contributed by atoms with Gasteiger partial charge >= 0.3 is 7.12 Å². The van der Waals surface area contributed by atoms with Gasteiger partial charge in [-0.15, -0.1) is 4.72 Å². The first-order valence-electron chi connectivity index (χ1n) is 5.96. The third-order valence-corrected chi connectivity index (χ3v) is 4.31. The fourth-order valence-corrected chi connectivity index (χ4v) is 2.26. The number of rotatable bonds is 4. The summed E-state index contributed by atoms with van der Waals surface area (Å²) in [4.78, 5) is 0. The van der Waals surface area contributed by atoms with Gasteiger partial charge in [-0.2, -0.15) is 0 Å². The van der Waals surface area contributed by atoms with E-state index in [0.29, 0.717) is 5.56 Å². The van der Waals surface area contributed by atoms with Gasteiger partial charge in [0, 0.05) is 16.9 Å². The second kappa shape index (κ2) is 6.24. The molecule has 1 aromatic carbocycles. The van der Waals surface area contributed by atoms with E-state index in [0.717, 1.165) is 6.07 Å². The molecule has 0 radical (unpaired) electrons. The molecule has 0 aliphatic heterocycles. The molecule has 0 fully saturated rings. The minimum absolute atomic E-state index is 0.0883. The molecule has 0 spiro atoms. The van der Waals surface area contributed by atoms with Crippen molar-refractivity contribution in [2.24, 2.45) is 0 Å². The third-order valence-electron chi connectivity index (χ3n) is 2.63. The summed E-state index contributed by atoms with van der Waals surface area (Å²) in [5.41, 5.74) is 0.424. The highest BCUT2D eigenvalue weighted by Gasteiger charge is 2.29. The van der Waals surface area contributed by atoms with Gasteiger partial charge in [0.05, 0.1) is 6.04 Å². The first kappa shape index (κ1) is 16.5. The van der Waals surface area contributed by atoms with E-state index in [1.165, 1.54) is 12.1 Å². The van der Waals surface area contributed by atoms with Gasteiger partial charge in [0.2, 0.25) is 0 Å². The van der Waals surface area contributed by atoms with Crippen molar-refractivity contribution in [1.29, 1.82) is 0 Å². The summed E-state index contributed by atoms with van der Waals surface area (Å²) >= 11 is -1.31. The molecule has 7 heteroatoms. The minimum Gasteiger partial charge on any atom is -0.598 e. The van der Waals surface area contributed by atoms with E-state index in [-0.39, 0.29) is 5.46 Å². The molecular formula is C12H19BFNO3S. The molecule has 19 heavy (non-hydrogen) atoms. The van der Waals surface area contributed by atoms with Gasteiger partial charge < -0.3 is 14.6 Å². The minimum atomic E-state index is -1.70. The monoisotopic (exact) mass is 287 g/mol. The molecule has 0 bridgehead atoms. The Hall–Kier alpha value is -0.595. The molecule has 4 nitrogen and oxygen atoms in total. The van der Waals surface area contributed by atoms with Crippen molar-refractivity contribution in [3.8, 4) is 0 Å².